The van der Waals surface area contributed by atoms with E-state index in [-0.39, 0.29) is 11.7 Å². The first-order chi connectivity index (χ1) is 9.10. The van der Waals surface area contributed by atoms with Crippen molar-refractivity contribution in [2.75, 3.05) is 20.1 Å². The number of nitrogens with one attached hydrogen (secondary N) is 1. The van der Waals surface area contributed by atoms with Gasteiger partial charge in [0.15, 0.2) is 0 Å². The number of carboxylic acids is 1. The molecule has 19 heavy (non-hydrogen) atoms. The van der Waals surface area contributed by atoms with E-state index in [0.29, 0.717) is 0 Å². The molecule has 0 amide bonds. The number of hydrogen-bond donors (Lipinski definition) is 2. The smallest absolute Gasteiger partial charge is 0.321 e. The van der Waals surface area contributed by atoms with E-state index in [1.807, 2.05) is 0 Å². The molecule has 0 aromatic heterocycles. The summed E-state index contributed by atoms with van der Waals surface area (Å²) in [7, 11) is 1.68. The molecule has 0 radical (unpaired) electrons. The van der Waals surface area contributed by atoms with Gasteiger partial charge in [-0.15, -0.1) is 0 Å². The van der Waals surface area contributed by atoms with Crippen molar-refractivity contribution >= 4 is 5.97 Å². The number of aliphatic carboxylic acids is 1. The fourth-order valence-electron chi connectivity index (χ4n) is 2.69. The number of nitrogens with zero attached hydrogens (tertiary/aromatic N) is 1. The molecule has 2 atom stereocenters. The van der Waals surface area contributed by atoms with Crippen LogP contribution in [-0.2, 0) is 11.3 Å². The van der Waals surface area contributed by atoms with Crippen molar-refractivity contribution in [3.63, 3.8) is 0 Å². The predicted octanol–water partition coefficient (Wildman–Crippen LogP) is 1.32. The summed E-state index contributed by atoms with van der Waals surface area (Å²) in [6.45, 7) is 2.38. The van der Waals surface area contributed by atoms with E-state index in [4.69, 9.17) is 5.11 Å². The number of benzene rings is 1. The van der Waals surface area contributed by atoms with Gasteiger partial charge in [0.1, 0.15) is 11.9 Å². The minimum atomic E-state index is -0.795. The molecule has 1 aromatic carbocycles. The summed E-state index contributed by atoms with van der Waals surface area (Å²) >= 11 is 0. The Morgan fingerprint density at radius 2 is 2.21 bits per heavy atom. The lowest BCUT2D eigenvalue weighted by Gasteiger charge is -2.20. The first-order valence-corrected chi connectivity index (χ1v) is 6.47. The van der Waals surface area contributed by atoms with Gasteiger partial charge in [-0.2, -0.15) is 0 Å². The van der Waals surface area contributed by atoms with Gasteiger partial charge in [0.2, 0.25) is 0 Å². The number of hydrogen-bond acceptors (Lipinski definition) is 3. The highest BCUT2D eigenvalue weighted by Crippen LogP contribution is 2.22. The average Bonchev–Trinajstić information content (AvgIpc) is 2.81. The van der Waals surface area contributed by atoms with Crippen LogP contribution >= 0.6 is 0 Å². The lowest BCUT2D eigenvalue weighted by atomic mass is 9.99. The van der Waals surface area contributed by atoms with Crippen LogP contribution in [-0.4, -0.2) is 42.2 Å². The Morgan fingerprint density at radius 1 is 1.53 bits per heavy atom. The van der Waals surface area contributed by atoms with Crippen molar-refractivity contribution in [1.29, 1.82) is 0 Å². The van der Waals surface area contributed by atoms with Crippen LogP contribution in [0, 0.1) is 11.7 Å². The number of likely N-dealkylation sites (tertiary alicyclic amines) is 1. The van der Waals surface area contributed by atoms with Gasteiger partial charge in [0, 0.05) is 13.1 Å². The summed E-state index contributed by atoms with van der Waals surface area (Å²) in [5, 5.41) is 12.0. The minimum Gasteiger partial charge on any atom is -0.480 e. The third-order valence-electron chi connectivity index (χ3n) is 3.68. The van der Waals surface area contributed by atoms with Gasteiger partial charge in [-0.1, -0.05) is 12.1 Å². The zero-order chi connectivity index (χ0) is 13.8. The van der Waals surface area contributed by atoms with Crippen LogP contribution in [0.1, 0.15) is 12.0 Å². The molecule has 1 aliphatic heterocycles. The van der Waals surface area contributed by atoms with Gasteiger partial charge in [0.25, 0.3) is 0 Å². The number of likely N-dealkylation sites (N-methyl/N-ethyl adjacent to an activating group) is 1. The average molecular weight is 266 g/mol. The zero-order valence-corrected chi connectivity index (χ0v) is 11.0. The molecule has 1 fully saturated rings. The lowest BCUT2D eigenvalue weighted by molar-refractivity contribution is -0.140. The quantitative estimate of drug-likeness (QED) is 0.844. The van der Waals surface area contributed by atoms with Crippen molar-refractivity contribution < 1.29 is 14.3 Å². The van der Waals surface area contributed by atoms with E-state index in [1.54, 1.807) is 19.2 Å². The molecule has 1 aromatic rings. The number of carboxylic acid groups (broad SMARTS) is 1. The maximum absolute atomic E-state index is 12.8. The van der Waals surface area contributed by atoms with E-state index < -0.39 is 12.0 Å². The molecular formula is C14H19FN2O2. The highest BCUT2D eigenvalue weighted by molar-refractivity contribution is 5.73. The minimum absolute atomic E-state index is 0.128. The zero-order valence-electron chi connectivity index (χ0n) is 11.0. The Morgan fingerprint density at radius 3 is 2.79 bits per heavy atom. The van der Waals surface area contributed by atoms with Crippen LogP contribution in [0.25, 0.3) is 0 Å². The SMILES string of the molecule is CNC(C(=O)O)C1CCN(Cc2ccc(F)cc2)C1. The highest BCUT2D eigenvalue weighted by atomic mass is 19.1. The maximum Gasteiger partial charge on any atom is 0.321 e. The van der Waals surface area contributed by atoms with Crippen LogP contribution in [0.3, 0.4) is 0 Å². The fourth-order valence-corrected chi connectivity index (χ4v) is 2.69. The molecule has 2 rings (SSSR count). The first-order valence-electron chi connectivity index (χ1n) is 6.47. The fraction of sp³-hybridized carbons (Fsp3) is 0.500. The third kappa shape index (κ3) is 3.52. The standard InChI is InChI=1S/C14H19FN2O2/c1-16-13(14(18)19)11-6-7-17(9-11)8-10-2-4-12(15)5-3-10/h2-5,11,13,16H,6-9H2,1H3,(H,18,19). The number of halogens is 1. The summed E-state index contributed by atoms with van der Waals surface area (Å²) in [6.07, 6.45) is 0.874. The summed E-state index contributed by atoms with van der Waals surface area (Å²) in [5.41, 5.74) is 1.05. The highest BCUT2D eigenvalue weighted by Gasteiger charge is 2.32. The molecule has 0 bridgehead atoms. The molecule has 0 spiro atoms. The Kier molecular flexibility index (Phi) is 4.50. The van der Waals surface area contributed by atoms with Crippen LogP contribution in [0.4, 0.5) is 4.39 Å². The summed E-state index contributed by atoms with van der Waals surface area (Å²) in [4.78, 5) is 13.3. The predicted molar refractivity (Wildman–Crippen MR) is 70.3 cm³/mol. The molecule has 4 nitrogen and oxygen atoms in total. The summed E-state index contributed by atoms with van der Waals surface area (Å²) in [6, 6.07) is 5.97. The Bertz CT molecular complexity index is 436. The number of rotatable bonds is 5. The van der Waals surface area contributed by atoms with E-state index in [1.165, 1.54) is 12.1 Å². The normalized spacial score (nSPS) is 21.5. The van der Waals surface area contributed by atoms with Crippen LogP contribution in [0.2, 0.25) is 0 Å². The lowest BCUT2D eigenvalue weighted by Crippen LogP contribution is -2.41. The summed E-state index contributed by atoms with van der Waals surface area (Å²) < 4.78 is 12.8. The van der Waals surface area contributed by atoms with Gasteiger partial charge in [0.05, 0.1) is 0 Å². The van der Waals surface area contributed by atoms with Gasteiger partial charge in [-0.05, 0) is 43.6 Å². The van der Waals surface area contributed by atoms with Crippen molar-refractivity contribution in [2.24, 2.45) is 5.92 Å². The third-order valence-corrected chi connectivity index (χ3v) is 3.68. The van der Waals surface area contributed by atoms with Crippen LogP contribution < -0.4 is 5.32 Å². The Labute approximate surface area is 112 Å². The van der Waals surface area contributed by atoms with E-state index in [2.05, 4.69) is 10.2 Å². The van der Waals surface area contributed by atoms with E-state index in [9.17, 15) is 9.18 Å². The van der Waals surface area contributed by atoms with Crippen molar-refractivity contribution in [2.45, 2.75) is 19.0 Å². The van der Waals surface area contributed by atoms with Gasteiger partial charge in [-0.3, -0.25) is 9.69 Å². The van der Waals surface area contributed by atoms with Crippen LogP contribution in [0.5, 0.6) is 0 Å². The number of carbonyl (C=O) groups is 1. The van der Waals surface area contributed by atoms with Gasteiger partial charge >= 0.3 is 5.97 Å². The molecule has 1 heterocycles. The van der Waals surface area contributed by atoms with Crippen LogP contribution in [0.15, 0.2) is 24.3 Å². The molecular weight excluding hydrogens is 247 g/mol. The monoisotopic (exact) mass is 266 g/mol. The molecule has 0 aliphatic carbocycles. The molecule has 2 unspecified atom stereocenters. The molecule has 1 saturated heterocycles. The maximum atomic E-state index is 12.8. The Hall–Kier alpha value is -1.46. The van der Waals surface area contributed by atoms with Gasteiger partial charge in [-0.25, -0.2) is 4.39 Å². The largest absolute Gasteiger partial charge is 0.480 e. The van der Waals surface area contributed by atoms with E-state index in [0.717, 1.165) is 31.6 Å². The van der Waals surface area contributed by atoms with Crippen molar-refractivity contribution in [3.8, 4) is 0 Å². The second-order valence-electron chi connectivity index (χ2n) is 5.01. The van der Waals surface area contributed by atoms with Crippen molar-refractivity contribution in [3.05, 3.63) is 35.6 Å². The molecule has 5 heteroatoms. The van der Waals surface area contributed by atoms with Crippen molar-refractivity contribution in [1.82, 2.24) is 10.2 Å². The molecule has 2 N–H and O–H groups in total. The molecule has 0 saturated carbocycles. The first kappa shape index (κ1) is 14.0. The summed E-state index contributed by atoms with van der Waals surface area (Å²) in [5.74, 6) is -0.900. The second-order valence-corrected chi connectivity index (χ2v) is 5.01. The second kappa shape index (κ2) is 6.12. The Balaban J connectivity index is 1.91. The van der Waals surface area contributed by atoms with E-state index >= 15 is 0 Å². The van der Waals surface area contributed by atoms with Gasteiger partial charge < -0.3 is 10.4 Å². The topological polar surface area (TPSA) is 52.6 Å². The molecule has 1 aliphatic rings. The molecule has 104 valence electrons.